The van der Waals surface area contributed by atoms with Crippen molar-refractivity contribution in [3.8, 4) is 0 Å². The van der Waals surface area contributed by atoms with E-state index in [0.29, 0.717) is 6.04 Å². The SMILES string of the molecule is CCCNC(Cc1ccn(C)n1)C(CC)OCC. The minimum absolute atomic E-state index is 0.267. The fraction of sp³-hybridized carbons (Fsp3) is 0.786. The Morgan fingerprint density at radius 3 is 2.67 bits per heavy atom. The number of aryl methyl sites for hydroxylation is 1. The quantitative estimate of drug-likeness (QED) is 0.733. The van der Waals surface area contributed by atoms with Gasteiger partial charge in [0.1, 0.15) is 0 Å². The Kier molecular flexibility index (Phi) is 6.98. The van der Waals surface area contributed by atoms with Crippen LogP contribution in [0.25, 0.3) is 0 Å². The number of hydrogen-bond donors (Lipinski definition) is 1. The van der Waals surface area contributed by atoms with Crippen molar-refractivity contribution in [3.05, 3.63) is 18.0 Å². The molecule has 1 heterocycles. The molecule has 0 radical (unpaired) electrons. The fourth-order valence-electron chi connectivity index (χ4n) is 2.19. The van der Waals surface area contributed by atoms with Crippen LogP contribution in [0.4, 0.5) is 0 Å². The van der Waals surface area contributed by atoms with Crippen LogP contribution >= 0.6 is 0 Å². The molecule has 0 aliphatic rings. The highest BCUT2D eigenvalue weighted by atomic mass is 16.5. The van der Waals surface area contributed by atoms with Crippen LogP contribution < -0.4 is 5.32 Å². The Morgan fingerprint density at radius 2 is 2.17 bits per heavy atom. The number of ether oxygens (including phenoxy) is 1. The van der Waals surface area contributed by atoms with Gasteiger partial charge in [-0.15, -0.1) is 0 Å². The summed E-state index contributed by atoms with van der Waals surface area (Å²) in [6, 6.07) is 2.43. The summed E-state index contributed by atoms with van der Waals surface area (Å²) in [7, 11) is 1.96. The van der Waals surface area contributed by atoms with E-state index in [0.717, 1.165) is 38.1 Å². The molecule has 0 saturated heterocycles. The van der Waals surface area contributed by atoms with Crippen LogP contribution in [0.15, 0.2) is 12.3 Å². The molecule has 1 aromatic rings. The van der Waals surface area contributed by atoms with Gasteiger partial charge in [-0.2, -0.15) is 5.10 Å². The maximum Gasteiger partial charge on any atom is 0.0729 e. The molecule has 0 spiro atoms. The lowest BCUT2D eigenvalue weighted by atomic mass is 10.0. The van der Waals surface area contributed by atoms with Crippen molar-refractivity contribution in [2.24, 2.45) is 7.05 Å². The molecule has 1 aromatic heterocycles. The average molecular weight is 253 g/mol. The fourth-order valence-corrected chi connectivity index (χ4v) is 2.19. The average Bonchev–Trinajstić information content (AvgIpc) is 2.77. The first-order chi connectivity index (χ1) is 8.71. The largest absolute Gasteiger partial charge is 0.377 e. The van der Waals surface area contributed by atoms with Crippen LogP contribution in [0.2, 0.25) is 0 Å². The van der Waals surface area contributed by atoms with E-state index in [9.17, 15) is 0 Å². The highest BCUT2D eigenvalue weighted by Gasteiger charge is 2.20. The zero-order valence-electron chi connectivity index (χ0n) is 12.1. The summed E-state index contributed by atoms with van der Waals surface area (Å²) in [6.07, 6.45) is 5.36. The van der Waals surface area contributed by atoms with Crippen LogP contribution in [0.1, 0.15) is 39.3 Å². The van der Waals surface area contributed by atoms with Gasteiger partial charge < -0.3 is 10.1 Å². The molecular weight excluding hydrogens is 226 g/mol. The first-order valence-corrected chi connectivity index (χ1v) is 7.04. The molecule has 4 heteroatoms. The van der Waals surface area contributed by atoms with Crippen molar-refractivity contribution in [2.75, 3.05) is 13.2 Å². The second-order valence-corrected chi connectivity index (χ2v) is 4.65. The number of aromatic nitrogens is 2. The number of nitrogens with zero attached hydrogens (tertiary/aromatic N) is 2. The highest BCUT2D eigenvalue weighted by molar-refractivity contribution is 5.02. The summed E-state index contributed by atoms with van der Waals surface area (Å²) >= 11 is 0. The summed E-state index contributed by atoms with van der Waals surface area (Å²) in [5.41, 5.74) is 1.13. The summed E-state index contributed by atoms with van der Waals surface area (Å²) in [5, 5.41) is 8.05. The number of rotatable bonds is 9. The maximum atomic E-state index is 5.83. The van der Waals surface area contributed by atoms with Crippen molar-refractivity contribution < 1.29 is 4.74 Å². The van der Waals surface area contributed by atoms with Gasteiger partial charge in [0.25, 0.3) is 0 Å². The third kappa shape index (κ3) is 4.78. The molecule has 0 aliphatic heterocycles. The van der Waals surface area contributed by atoms with E-state index in [2.05, 4.69) is 37.3 Å². The minimum Gasteiger partial charge on any atom is -0.377 e. The lowest BCUT2D eigenvalue weighted by Crippen LogP contribution is -2.43. The molecule has 104 valence electrons. The van der Waals surface area contributed by atoms with Gasteiger partial charge in [-0.3, -0.25) is 4.68 Å². The van der Waals surface area contributed by atoms with E-state index in [1.807, 2.05) is 17.9 Å². The highest BCUT2D eigenvalue weighted by Crippen LogP contribution is 2.10. The predicted octanol–water partition coefficient (Wildman–Crippen LogP) is 2.15. The Hall–Kier alpha value is -0.870. The van der Waals surface area contributed by atoms with Crippen molar-refractivity contribution in [1.82, 2.24) is 15.1 Å². The van der Waals surface area contributed by atoms with E-state index in [1.165, 1.54) is 0 Å². The molecule has 0 aliphatic carbocycles. The summed E-state index contributed by atoms with van der Waals surface area (Å²) < 4.78 is 7.69. The van der Waals surface area contributed by atoms with Crippen LogP contribution in [-0.4, -0.2) is 35.1 Å². The standard InChI is InChI=1S/C14H27N3O/c1-5-9-15-13(14(6-2)18-7-3)11-12-8-10-17(4)16-12/h8,10,13-15H,5-7,9,11H2,1-4H3. The van der Waals surface area contributed by atoms with Crippen LogP contribution in [-0.2, 0) is 18.2 Å². The van der Waals surface area contributed by atoms with Gasteiger partial charge in [0.15, 0.2) is 0 Å². The molecule has 18 heavy (non-hydrogen) atoms. The monoisotopic (exact) mass is 253 g/mol. The molecule has 2 unspecified atom stereocenters. The molecule has 4 nitrogen and oxygen atoms in total. The smallest absolute Gasteiger partial charge is 0.0729 e. The molecule has 2 atom stereocenters. The molecule has 0 bridgehead atoms. The normalized spacial score (nSPS) is 14.7. The van der Waals surface area contributed by atoms with E-state index in [4.69, 9.17) is 4.74 Å². The Morgan fingerprint density at radius 1 is 1.39 bits per heavy atom. The first-order valence-electron chi connectivity index (χ1n) is 7.04. The van der Waals surface area contributed by atoms with Gasteiger partial charge in [0.2, 0.25) is 0 Å². The minimum atomic E-state index is 0.267. The lowest BCUT2D eigenvalue weighted by Gasteiger charge is -2.26. The van der Waals surface area contributed by atoms with Crippen LogP contribution in [0.3, 0.4) is 0 Å². The predicted molar refractivity (Wildman–Crippen MR) is 74.7 cm³/mol. The van der Waals surface area contributed by atoms with E-state index in [1.54, 1.807) is 0 Å². The molecule has 0 aromatic carbocycles. The Labute approximate surface area is 111 Å². The van der Waals surface area contributed by atoms with Gasteiger partial charge in [-0.1, -0.05) is 13.8 Å². The van der Waals surface area contributed by atoms with Crippen molar-refractivity contribution in [1.29, 1.82) is 0 Å². The van der Waals surface area contributed by atoms with Gasteiger partial charge in [-0.25, -0.2) is 0 Å². The second kappa shape index (κ2) is 8.27. The number of nitrogens with one attached hydrogen (secondary N) is 1. The summed E-state index contributed by atoms with van der Waals surface area (Å²) in [4.78, 5) is 0. The molecular formula is C14H27N3O. The van der Waals surface area contributed by atoms with Crippen LogP contribution in [0.5, 0.6) is 0 Å². The van der Waals surface area contributed by atoms with E-state index < -0.39 is 0 Å². The van der Waals surface area contributed by atoms with Gasteiger partial charge in [-0.05, 0) is 32.4 Å². The topological polar surface area (TPSA) is 39.1 Å². The zero-order chi connectivity index (χ0) is 13.4. The van der Waals surface area contributed by atoms with Crippen molar-refractivity contribution >= 4 is 0 Å². The van der Waals surface area contributed by atoms with Crippen molar-refractivity contribution in [2.45, 2.75) is 52.2 Å². The maximum absolute atomic E-state index is 5.83. The van der Waals surface area contributed by atoms with Crippen LogP contribution in [0, 0.1) is 0 Å². The third-order valence-corrected chi connectivity index (χ3v) is 3.09. The second-order valence-electron chi connectivity index (χ2n) is 4.65. The Balaban J connectivity index is 2.63. The lowest BCUT2D eigenvalue weighted by molar-refractivity contribution is 0.0317. The van der Waals surface area contributed by atoms with Gasteiger partial charge in [0, 0.05) is 32.3 Å². The van der Waals surface area contributed by atoms with Gasteiger partial charge in [0.05, 0.1) is 11.8 Å². The zero-order valence-corrected chi connectivity index (χ0v) is 12.1. The summed E-state index contributed by atoms with van der Waals surface area (Å²) in [5.74, 6) is 0. The van der Waals surface area contributed by atoms with E-state index >= 15 is 0 Å². The molecule has 0 fully saturated rings. The summed E-state index contributed by atoms with van der Waals surface area (Å²) in [6.45, 7) is 8.22. The molecule has 0 saturated carbocycles. The first kappa shape index (κ1) is 15.2. The molecule has 0 amide bonds. The Bertz CT molecular complexity index is 325. The molecule has 1 rings (SSSR count). The van der Waals surface area contributed by atoms with Gasteiger partial charge >= 0.3 is 0 Å². The van der Waals surface area contributed by atoms with Crippen molar-refractivity contribution in [3.63, 3.8) is 0 Å². The third-order valence-electron chi connectivity index (χ3n) is 3.09. The number of hydrogen-bond acceptors (Lipinski definition) is 3. The van der Waals surface area contributed by atoms with E-state index in [-0.39, 0.29) is 6.10 Å². The molecule has 1 N–H and O–H groups in total.